The van der Waals surface area contributed by atoms with Gasteiger partial charge in [0.1, 0.15) is 11.8 Å². The fraction of sp³-hybridized carbons (Fsp3) is 0.545. The second-order valence-corrected chi connectivity index (χ2v) is 10.1. The van der Waals surface area contributed by atoms with E-state index in [0.717, 1.165) is 25.0 Å². The molecule has 0 spiro atoms. The third-order valence-electron chi connectivity index (χ3n) is 7.28. The molecule has 152 valence electrons. The van der Waals surface area contributed by atoms with Crippen LogP contribution in [0, 0.1) is 23.2 Å². The van der Waals surface area contributed by atoms with E-state index in [4.69, 9.17) is 9.72 Å². The van der Waals surface area contributed by atoms with Gasteiger partial charge in [0.25, 0.3) is 5.91 Å². The maximum atomic E-state index is 12.5. The van der Waals surface area contributed by atoms with E-state index in [2.05, 4.69) is 24.1 Å². The maximum Gasteiger partial charge on any atom is 0.309 e. The SMILES string of the molecule is C[C@@H]1C(=O)O[C@H]2[C@H]1CC[C@]1(C)Cc3sc(NC(=O)c4ccccn4)nc3[C@@H](C)[C@H]21. The van der Waals surface area contributed by atoms with Crippen LogP contribution >= 0.6 is 11.3 Å². The van der Waals surface area contributed by atoms with Crippen LogP contribution in [0.1, 0.15) is 60.6 Å². The minimum absolute atomic E-state index is 0.0122. The van der Waals surface area contributed by atoms with Crippen molar-refractivity contribution in [3.05, 3.63) is 40.7 Å². The van der Waals surface area contributed by atoms with Gasteiger partial charge in [0.2, 0.25) is 0 Å². The van der Waals surface area contributed by atoms with Gasteiger partial charge in [0.15, 0.2) is 5.13 Å². The molecule has 6 atom stereocenters. The molecule has 0 radical (unpaired) electrons. The summed E-state index contributed by atoms with van der Waals surface area (Å²) in [6, 6.07) is 5.27. The zero-order chi connectivity index (χ0) is 20.3. The van der Waals surface area contributed by atoms with Crippen molar-refractivity contribution in [3.63, 3.8) is 0 Å². The molecule has 6 nitrogen and oxygen atoms in total. The van der Waals surface area contributed by atoms with E-state index in [0.29, 0.717) is 16.7 Å². The Hall–Kier alpha value is -2.28. The topological polar surface area (TPSA) is 81.2 Å². The quantitative estimate of drug-likeness (QED) is 0.754. The lowest BCUT2D eigenvalue weighted by molar-refractivity contribution is -0.149. The number of esters is 1. The summed E-state index contributed by atoms with van der Waals surface area (Å²) in [4.78, 5) is 34.9. The number of ether oxygens (including phenoxy) is 1. The summed E-state index contributed by atoms with van der Waals surface area (Å²) in [6.07, 6.45) is 4.64. The molecule has 2 aromatic rings. The summed E-state index contributed by atoms with van der Waals surface area (Å²) in [5.74, 6) is 0.458. The monoisotopic (exact) mass is 411 g/mol. The highest BCUT2D eigenvalue weighted by Gasteiger charge is 2.58. The number of thiazole rings is 1. The minimum atomic E-state index is -0.244. The smallest absolute Gasteiger partial charge is 0.309 e. The molecule has 3 aliphatic rings. The summed E-state index contributed by atoms with van der Waals surface area (Å²) in [6.45, 7) is 6.53. The number of hydrogen-bond donors (Lipinski definition) is 1. The number of nitrogens with zero attached hydrogens (tertiary/aromatic N) is 2. The molecule has 2 aliphatic carbocycles. The molecule has 3 heterocycles. The largest absolute Gasteiger partial charge is 0.461 e. The number of rotatable bonds is 2. The standard InChI is InChI=1S/C22H25N3O3S/c1-11-13-7-8-22(3)10-15-17(12(2)16(22)18(13)28-20(11)27)24-21(29-15)25-19(26)14-6-4-5-9-23-14/h4-6,9,11-13,16,18H,7-8,10H2,1-3H3,(H,24,25,26)/t11-,12-,13-,16+,18-,22+/m0/s1. The minimum Gasteiger partial charge on any atom is -0.461 e. The van der Waals surface area contributed by atoms with Gasteiger partial charge in [-0.2, -0.15) is 0 Å². The third-order valence-corrected chi connectivity index (χ3v) is 8.26. The lowest BCUT2D eigenvalue weighted by atomic mass is 9.54. The molecule has 0 unspecified atom stereocenters. The van der Waals surface area contributed by atoms with Crippen molar-refractivity contribution in [2.75, 3.05) is 5.32 Å². The van der Waals surface area contributed by atoms with Crippen LogP contribution in [0.25, 0.3) is 0 Å². The van der Waals surface area contributed by atoms with Crippen LogP contribution in [0.5, 0.6) is 0 Å². The van der Waals surface area contributed by atoms with Gasteiger partial charge in [0, 0.05) is 28.8 Å². The van der Waals surface area contributed by atoms with Gasteiger partial charge in [-0.15, -0.1) is 11.3 Å². The number of amides is 1. The predicted molar refractivity (Wildman–Crippen MR) is 110 cm³/mol. The van der Waals surface area contributed by atoms with E-state index in [1.165, 1.54) is 4.88 Å². The van der Waals surface area contributed by atoms with Gasteiger partial charge in [-0.05, 0) is 36.8 Å². The first-order chi connectivity index (χ1) is 13.9. The number of nitrogens with one attached hydrogen (secondary N) is 1. The second-order valence-electron chi connectivity index (χ2n) is 9.03. The average Bonchev–Trinajstić information content (AvgIpc) is 3.22. The van der Waals surface area contributed by atoms with Crippen LogP contribution in [-0.4, -0.2) is 27.9 Å². The summed E-state index contributed by atoms with van der Waals surface area (Å²) in [5, 5.41) is 3.53. The average molecular weight is 412 g/mol. The van der Waals surface area contributed by atoms with Gasteiger partial charge in [0.05, 0.1) is 11.6 Å². The van der Waals surface area contributed by atoms with Crippen molar-refractivity contribution in [1.82, 2.24) is 9.97 Å². The zero-order valence-corrected chi connectivity index (χ0v) is 17.7. The molecular weight excluding hydrogens is 386 g/mol. The molecule has 1 saturated heterocycles. The van der Waals surface area contributed by atoms with Gasteiger partial charge in [-0.3, -0.25) is 19.9 Å². The highest BCUT2D eigenvalue weighted by Crippen LogP contribution is 2.59. The molecule has 0 bridgehead atoms. The van der Waals surface area contributed by atoms with Crippen LogP contribution in [-0.2, 0) is 16.0 Å². The molecule has 1 saturated carbocycles. The van der Waals surface area contributed by atoms with Crippen molar-refractivity contribution in [2.45, 2.75) is 52.1 Å². The molecule has 2 fully saturated rings. The highest BCUT2D eigenvalue weighted by atomic mass is 32.1. The second kappa shape index (κ2) is 6.62. The molecule has 7 heteroatoms. The molecule has 1 N–H and O–H groups in total. The Morgan fingerprint density at radius 1 is 1.31 bits per heavy atom. The summed E-state index contributed by atoms with van der Waals surface area (Å²) >= 11 is 1.56. The normalized spacial score (nSPS) is 35.3. The number of hydrogen-bond acceptors (Lipinski definition) is 6. The number of pyridine rings is 1. The Balaban J connectivity index is 1.44. The van der Waals surface area contributed by atoms with Crippen molar-refractivity contribution >= 4 is 28.3 Å². The Kier molecular flexibility index (Phi) is 4.28. The predicted octanol–water partition coefficient (Wildman–Crippen LogP) is 4.04. The lowest BCUT2D eigenvalue weighted by Crippen LogP contribution is -2.50. The van der Waals surface area contributed by atoms with E-state index >= 15 is 0 Å². The first kappa shape index (κ1) is 18.7. The van der Waals surface area contributed by atoms with E-state index in [-0.39, 0.29) is 41.1 Å². The molecule has 29 heavy (non-hydrogen) atoms. The Morgan fingerprint density at radius 2 is 2.14 bits per heavy atom. The Labute approximate surface area is 174 Å². The van der Waals surface area contributed by atoms with Gasteiger partial charge in [-0.1, -0.05) is 26.8 Å². The summed E-state index contributed by atoms with van der Waals surface area (Å²) in [5.41, 5.74) is 1.52. The van der Waals surface area contributed by atoms with Gasteiger partial charge >= 0.3 is 5.97 Å². The fourth-order valence-corrected chi connectivity index (χ4v) is 7.05. The van der Waals surface area contributed by atoms with E-state index in [9.17, 15) is 9.59 Å². The van der Waals surface area contributed by atoms with Crippen LogP contribution in [0.2, 0.25) is 0 Å². The number of fused-ring (bicyclic) bond motifs is 4. The molecule has 1 amide bonds. The van der Waals surface area contributed by atoms with Crippen molar-refractivity contribution in [2.24, 2.45) is 23.2 Å². The van der Waals surface area contributed by atoms with Crippen LogP contribution in [0.15, 0.2) is 24.4 Å². The van der Waals surface area contributed by atoms with Crippen molar-refractivity contribution < 1.29 is 14.3 Å². The van der Waals surface area contributed by atoms with E-state index in [1.54, 1.807) is 35.7 Å². The van der Waals surface area contributed by atoms with E-state index < -0.39 is 0 Å². The Bertz CT molecular complexity index is 975. The van der Waals surface area contributed by atoms with E-state index in [1.807, 2.05) is 6.92 Å². The summed E-state index contributed by atoms with van der Waals surface area (Å²) in [7, 11) is 0. The first-order valence-corrected chi connectivity index (χ1v) is 11.1. The van der Waals surface area contributed by atoms with Crippen molar-refractivity contribution in [3.8, 4) is 0 Å². The third kappa shape index (κ3) is 2.89. The van der Waals surface area contributed by atoms with Crippen LogP contribution in [0.4, 0.5) is 5.13 Å². The maximum absolute atomic E-state index is 12.5. The molecule has 2 aromatic heterocycles. The lowest BCUT2D eigenvalue weighted by Gasteiger charge is -2.51. The Morgan fingerprint density at radius 3 is 2.90 bits per heavy atom. The number of carbonyl (C=O) groups excluding carboxylic acids is 2. The summed E-state index contributed by atoms with van der Waals surface area (Å²) < 4.78 is 5.89. The molecular formula is C22H25N3O3S. The van der Waals surface area contributed by atoms with Gasteiger partial charge in [-0.25, -0.2) is 4.98 Å². The zero-order valence-electron chi connectivity index (χ0n) is 16.8. The van der Waals surface area contributed by atoms with Gasteiger partial charge < -0.3 is 4.74 Å². The van der Waals surface area contributed by atoms with Crippen LogP contribution in [0.3, 0.4) is 0 Å². The molecule has 5 rings (SSSR count). The highest BCUT2D eigenvalue weighted by molar-refractivity contribution is 7.15. The molecule has 0 aromatic carbocycles. The molecule has 1 aliphatic heterocycles. The first-order valence-electron chi connectivity index (χ1n) is 10.3. The number of anilines is 1. The van der Waals surface area contributed by atoms with Crippen molar-refractivity contribution in [1.29, 1.82) is 0 Å². The number of aromatic nitrogens is 2. The fourth-order valence-electron chi connectivity index (χ4n) is 5.79. The van der Waals surface area contributed by atoms with Crippen LogP contribution < -0.4 is 5.32 Å². The number of carbonyl (C=O) groups is 2.